The van der Waals surface area contributed by atoms with E-state index >= 15 is 0 Å². The first-order valence-electron chi connectivity index (χ1n) is 8.57. The number of guanidine groups is 1. The number of morpholine rings is 1. The summed E-state index contributed by atoms with van der Waals surface area (Å²) in [6, 6.07) is 0. The maximum atomic E-state index is 5.43. The monoisotopic (exact) mass is 458 g/mol. The molecule has 0 spiro atoms. The Hall–Kier alpha value is -0.160. The van der Waals surface area contributed by atoms with Crippen molar-refractivity contribution in [2.24, 2.45) is 10.9 Å². The van der Waals surface area contributed by atoms with Gasteiger partial charge in [0.05, 0.1) is 26.4 Å². The molecule has 0 aromatic carbocycles. The summed E-state index contributed by atoms with van der Waals surface area (Å²) in [5.41, 5.74) is 0. The van der Waals surface area contributed by atoms with Crippen LogP contribution in [0.15, 0.2) is 4.99 Å². The normalized spacial score (nSPS) is 17.2. The zero-order valence-electron chi connectivity index (χ0n) is 15.4. The second kappa shape index (κ2) is 16.3. The van der Waals surface area contributed by atoms with Crippen LogP contribution in [-0.4, -0.2) is 90.8 Å². The van der Waals surface area contributed by atoms with Crippen LogP contribution in [0.25, 0.3) is 0 Å². The van der Waals surface area contributed by atoms with Gasteiger partial charge in [-0.3, -0.25) is 9.89 Å². The first kappa shape index (κ1) is 23.8. The van der Waals surface area contributed by atoms with Crippen molar-refractivity contribution in [1.82, 2.24) is 15.5 Å². The molecule has 7 nitrogen and oxygen atoms in total. The summed E-state index contributed by atoms with van der Waals surface area (Å²) >= 11 is 0. The van der Waals surface area contributed by atoms with Crippen molar-refractivity contribution in [3.63, 3.8) is 0 Å². The van der Waals surface area contributed by atoms with Crippen molar-refractivity contribution in [3.8, 4) is 0 Å². The van der Waals surface area contributed by atoms with Gasteiger partial charge in [0.15, 0.2) is 5.96 Å². The molecule has 144 valence electrons. The second-order valence-electron chi connectivity index (χ2n) is 5.86. The number of ether oxygens (including phenoxy) is 3. The van der Waals surface area contributed by atoms with E-state index in [4.69, 9.17) is 14.2 Å². The third-order valence-corrected chi connectivity index (χ3v) is 3.70. The van der Waals surface area contributed by atoms with Crippen molar-refractivity contribution in [1.29, 1.82) is 0 Å². The minimum absolute atomic E-state index is 0. The van der Waals surface area contributed by atoms with Crippen molar-refractivity contribution < 1.29 is 14.2 Å². The summed E-state index contributed by atoms with van der Waals surface area (Å²) in [6.45, 7) is 11.0. The van der Waals surface area contributed by atoms with E-state index in [0.29, 0.717) is 19.1 Å². The molecule has 0 aromatic rings. The Kier molecular flexibility index (Phi) is 16.2. The van der Waals surface area contributed by atoms with Crippen LogP contribution in [0, 0.1) is 5.92 Å². The summed E-state index contributed by atoms with van der Waals surface area (Å²) in [5, 5.41) is 6.70. The molecule has 2 N–H and O–H groups in total. The predicted molar refractivity (Wildman–Crippen MR) is 109 cm³/mol. The molecule has 1 aliphatic heterocycles. The molecule has 0 aromatic heterocycles. The lowest BCUT2D eigenvalue weighted by Gasteiger charge is -2.29. The highest BCUT2D eigenvalue weighted by molar-refractivity contribution is 14.0. The molecule has 0 aliphatic carbocycles. The standard InChI is InChI=1S/C16H34N4O3.HI/c1-15(14-20-6-9-23-10-7-20)13-19-16(17-2)18-5-4-8-22-12-11-21-3;/h15H,4-14H2,1-3H3,(H2,17,18,19);1H. The maximum Gasteiger partial charge on any atom is 0.190 e. The van der Waals surface area contributed by atoms with Gasteiger partial charge in [-0.2, -0.15) is 0 Å². The third-order valence-electron chi connectivity index (χ3n) is 3.70. The minimum atomic E-state index is 0. The Morgan fingerprint density at radius 3 is 2.62 bits per heavy atom. The number of hydrogen-bond acceptors (Lipinski definition) is 5. The van der Waals surface area contributed by atoms with E-state index in [9.17, 15) is 0 Å². The molecule has 1 fully saturated rings. The maximum absolute atomic E-state index is 5.43. The molecular weight excluding hydrogens is 423 g/mol. The van der Waals surface area contributed by atoms with Gasteiger partial charge < -0.3 is 24.8 Å². The molecule has 1 atom stereocenters. The zero-order chi connectivity index (χ0) is 16.8. The van der Waals surface area contributed by atoms with Gasteiger partial charge in [0.25, 0.3) is 0 Å². The Bertz CT molecular complexity index is 316. The predicted octanol–water partition coefficient (Wildman–Crippen LogP) is 0.791. The Morgan fingerprint density at radius 1 is 1.21 bits per heavy atom. The lowest BCUT2D eigenvalue weighted by Crippen LogP contribution is -2.44. The molecule has 1 unspecified atom stereocenters. The van der Waals surface area contributed by atoms with Crippen LogP contribution in [0.3, 0.4) is 0 Å². The topological polar surface area (TPSA) is 67.4 Å². The minimum Gasteiger partial charge on any atom is -0.382 e. The molecule has 0 amide bonds. The summed E-state index contributed by atoms with van der Waals surface area (Å²) in [7, 11) is 3.48. The highest BCUT2D eigenvalue weighted by Crippen LogP contribution is 2.02. The third kappa shape index (κ3) is 12.2. The molecule has 1 saturated heterocycles. The first-order valence-corrected chi connectivity index (χ1v) is 8.57. The van der Waals surface area contributed by atoms with E-state index in [0.717, 1.165) is 64.9 Å². The fourth-order valence-electron chi connectivity index (χ4n) is 2.41. The zero-order valence-corrected chi connectivity index (χ0v) is 17.7. The number of nitrogens with one attached hydrogen (secondary N) is 2. The van der Waals surface area contributed by atoms with Crippen molar-refractivity contribution in [2.75, 3.05) is 79.9 Å². The van der Waals surface area contributed by atoms with Crippen LogP contribution in [0.2, 0.25) is 0 Å². The van der Waals surface area contributed by atoms with E-state index in [2.05, 4.69) is 27.4 Å². The van der Waals surface area contributed by atoms with Gasteiger partial charge in [0.1, 0.15) is 0 Å². The van der Waals surface area contributed by atoms with Crippen molar-refractivity contribution in [2.45, 2.75) is 13.3 Å². The van der Waals surface area contributed by atoms with E-state index < -0.39 is 0 Å². The van der Waals surface area contributed by atoms with Gasteiger partial charge in [0.2, 0.25) is 0 Å². The molecule has 24 heavy (non-hydrogen) atoms. The summed E-state index contributed by atoms with van der Waals surface area (Å²) < 4.78 is 15.7. The van der Waals surface area contributed by atoms with E-state index in [1.807, 2.05) is 0 Å². The molecule has 0 bridgehead atoms. The molecule has 8 heteroatoms. The Labute approximate surface area is 163 Å². The smallest absolute Gasteiger partial charge is 0.190 e. The first-order chi connectivity index (χ1) is 11.3. The summed E-state index contributed by atoms with van der Waals surface area (Å²) in [4.78, 5) is 6.72. The average molecular weight is 458 g/mol. The van der Waals surface area contributed by atoms with Crippen LogP contribution < -0.4 is 10.6 Å². The SMILES string of the molecule is CN=C(NCCCOCCOC)NCC(C)CN1CCOCC1.I. The van der Waals surface area contributed by atoms with Gasteiger partial charge in [-0.25, -0.2) is 0 Å². The van der Waals surface area contributed by atoms with E-state index in [1.54, 1.807) is 14.2 Å². The summed E-state index contributed by atoms with van der Waals surface area (Å²) in [6.07, 6.45) is 0.952. The lowest BCUT2D eigenvalue weighted by molar-refractivity contribution is 0.0320. The van der Waals surface area contributed by atoms with Gasteiger partial charge in [-0.05, 0) is 12.3 Å². The second-order valence-corrected chi connectivity index (χ2v) is 5.86. The molecule has 0 saturated carbocycles. The fraction of sp³-hybridized carbons (Fsp3) is 0.938. The Balaban J connectivity index is 0.00000529. The van der Waals surface area contributed by atoms with E-state index in [1.165, 1.54) is 0 Å². The number of rotatable bonds is 11. The largest absolute Gasteiger partial charge is 0.382 e. The summed E-state index contributed by atoms with van der Waals surface area (Å²) in [5.74, 6) is 1.43. The van der Waals surface area contributed by atoms with Crippen LogP contribution in [-0.2, 0) is 14.2 Å². The molecule has 0 radical (unpaired) electrons. The van der Waals surface area contributed by atoms with Crippen LogP contribution in [0.1, 0.15) is 13.3 Å². The van der Waals surface area contributed by atoms with Gasteiger partial charge >= 0.3 is 0 Å². The van der Waals surface area contributed by atoms with Crippen molar-refractivity contribution in [3.05, 3.63) is 0 Å². The molecule has 1 heterocycles. The number of methoxy groups -OCH3 is 1. The highest BCUT2D eigenvalue weighted by atomic mass is 127. The molecule has 1 aliphatic rings. The van der Waals surface area contributed by atoms with Crippen LogP contribution in [0.5, 0.6) is 0 Å². The lowest BCUT2D eigenvalue weighted by atomic mass is 10.1. The number of hydrogen-bond donors (Lipinski definition) is 2. The Morgan fingerprint density at radius 2 is 1.96 bits per heavy atom. The highest BCUT2D eigenvalue weighted by Gasteiger charge is 2.13. The van der Waals surface area contributed by atoms with Crippen molar-refractivity contribution >= 4 is 29.9 Å². The average Bonchev–Trinajstić information content (AvgIpc) is 2.57. The number of nitrogens with zero attached hydrogens (tertiary/aromatic N) is 2. The van der Waals surface area contributed by atoms with Gasteiger partial charge in [-0.1, -0.05) is 6.92 Å². The molecule has 1 rings (SSSR count). The van der Waals surface area contributed by atoms with Crippen LogP contribution >= 0.6 is 24.0 Å². The van der Waals surface area contributed by atoms with E-state index in [-0.39, 0.29) is 24.0 Å². The number of halogens is 1. The van der Waals surface area contributed by atoms with Gasteiger partial charge in [0, 0.05) is 53.5 Å². The quantitative estimate of drug-likeness (QED) is 0.207. The van der Waals surface area contributed by atoms with Gasteiger partial charge in [-0.15, -0.1) is 24.0 Å². The number of aliphatic imine (C=N–C) groups is 1. The fourth-order valence-corrected chi connectivity index (χ4v) is 2.41. The van der Waals surface area contributed by atoms with Crippen LogP contribution in [0.4, 0.5) is 0 Å². The molecular formula is C16H35IN4O3.